The Hall–Kier alpha value is -3.54. The largest absolute Gasteiger partial charge is 0.482 e. The summed E-state index contributed by atoms with van der Waals surface area (Å²) in [5.74, 6) is 1.11. The first-order valence-electron chi connectivity index (χ1n) is 9.34. The fourth-order valence-electron chi connectivity index (χ4n) is 3.49. The zero-order valence-electron chi connectivity index (χ0n) is 16.4. The molecule has 0 aliphatic rings. The Morgan fingerprint density at radius 3 is 2.45 bits per heavy atom. The number of carbonyl (C=O) groups is 1. The maximum atomic E-state index is 13.3. The number of para-hydroxylation sites is 1. The van der Waals surface area contributed by atoms with Crippen molar-refractivity contribution in [2.45, 2.75) is 20.8 Å². The fraction of sp³-hybridized carbons (Fsp3) is 0.217. The van der Waals surface area contributed by atoms with Crippen molar-refractivity contribution in [1.82, 2.24) is 0 Å². The van der Waals surface area contributed by atoms with E-state index in [1.807, 2.05) is 31.2 Å². The van der Waals surface area contributed by atoms with E-state index < -0.39 is 5.97 Å². The van der Waals surface area contributed by atoms with Crippen LogP contribution in [-0.2, 0) is 9.53 Å². The number of rotatable bonds is 5. The minimum absolute atomic E-state index is 0.143. The van der Waals surface area contributed by atoms with Crippen LogP contribution in [0, 0.1) is 13.8 Å². The number of carbonyl (C=O) groups excluding carboxylic acids is 1. The minimum Gasteiger partial charge on any atom is -0.482 e. The van der Waals surface area contributed by atoms with Gasteiger partial charge in [0, 0.05) is 17.0 Å². The number of esters is 1. The molecule has 0 saturated carbocycles. The van der Waals surface area contributed by atoms with Gasteiger partial charge in [0.05, 0.1) is 17.6 Å². The molecule has 6 nitrogen and oxygen atoms in total. The van der Waals surface area contributed by atoms with Gasteiger partial charge in [-0.25, -0.2) is 4.79 Å². The summed E-state index contributed by atoms with van der Waals surface area (Å²) in [7, 11) is 0. The molecule has 6 heteroatoms. The van der Waals surface area contributed by atoms with Gasteiger partial charge in [0.15, 0.2) is 6.61 Å². The third kappa shape index (κ3) is 3.38. The summed E-state index contributed by atoms with van der Waals surface area (Å²) in [5.41, 5.74) is 2.21. The summed E-state index contributed by atoms with van der Waals surface area (Å²) in [4.78, 5) is 24.8. The maximum absolute atomic E-state index is 13.3. The van der Waals surface area contributed by atoms with E-state index in [9.17, 15) is 9.59 Å². The van der Waals surface area contributed by atoms with Crippen molar-refractivity contribution in [2.24, 2.45) is 0 Å². The Bertz CT molecular complexity index is 1280. The number of hydrogen-bond acceptors (Lipinski definition) is 6. The Labute approximate surface area is 166 Å². The van der Waals surface area contributed by atoms with Gasteiger partial charge in [-0.2, -0.15) is 0 Å². The second-order valence-electron chi connectivity index (χ2n) is 6.64. The Morgan fingerprint density at radius 1 is 0.931 bits per heavy atom. The number of aryl methyl sites for hydroxylation is 2. The van der Waals surface area contributed by atoms with Gasteiger partial charge in [0.2, 0.25) is 5.43 Å². The van der Waals surface area contributed by atoms with Crippen LogP contribution in [0.1, 0.15) is 18.4 Å². The highest BCUT2D eigenvalue weighted by Crippen LogP contribution is 2.35. The van der Waals surface area contributed by atoms with Crippen LogP contribution in [0.4, 0.5) is 0 Å². The molecule has 0 aliphatic heterocycles. The van der Waals surface area contributed by atoms with Crippen LogP contribution < -0.4 is 10.2 Å². The SMILES string of the molecule is CCOC(=O)COc1ccc2c(=O)c(-c3c(C)oc4ccccc34)c(C)oc2c1. The molecule has 2 aromatic heterocycles. The van der Waals surface area contributed by atoms with Gasteiger partial charge in [-0.3, -0.25) is 4.79 Å². The molecule has 0 amide bonds. The van der Waals surface area contributed by atoms with Crippen molar-refractivity contribution in [3.63, 3.8) is 0 Å². The molecule has 0 N–H and O–H groups in total. The van der Waals surface area contributed by atoms with Crippen LogP contribution in [0.5, 0.6) is 5.75 Å². The van der Waals surface area contributed by atoms with Crippen molar-refractivity contribution in [3.05, 3.63) is 64.2 Å². The van der Waals surface area contributed by atoms with Gasteiger partial charge >= 0.3 is 5.97 Å². The van der Waals surface area contributed by atoms with Crippen molar-refractivity contribution in [3.8, 4) is 16.9 Å². The highest BCUT2D eigenvalue weighted by Gasteiger charge is 2.21. The Balaban J connectivity index is 1.80. The molecule has 4 rings (SSSR count). The second-order valence-corrected chi connectivity index (χ2v) is 6.64. The van der Waals surface area contributed by atoms with E-state index in [0.717, 1.165) is 16.5 Å². The van der Waals surface area contributed by atoms with Crippen LogP contribution in [0.15, 0.2) is 56.1 Å². The first-order chi connectivity index (χ1) is 14.0. The van der Waals surface area contributed by atoms with Crippen molar-refractivity contribution in [1.29, 1.82) is 0 Å². The fourth-order valence-corrected chi connectivity index (χ4v) is 3.49. The molecule has 0 bridgehead atoms. The van der Waals surface area contributed by atoms with E-state index >= 15 is 0 Å². The van der Waals surface area contributed by atoms with Crippen LogP contribution in [0.2, 0.25) is 0 Å². The summed E-state index contributed by atoms with van der Waals surface area (Å²) in [6.45, 7) is 5.40. The lowest BCUT2D eigenvalue weighted by Crippen LogP contribution is -2.14. The average molecular weight is 392 g/mol. The van der Waals surface area contributed by atoms with E-state index in [1.165, 1.54) is 0 Å². The minimum atomic E-state index is -0.456. The van der Waals surface area contributed by atoms with Gasteiger partial charge in [0.25, 0.3) is 0 Å². The molecule has 0 atom stereocenters. The molecule has 29 heavy (non-hydrogen) atoms. The van der Waals surface area contributed by atoms with Crippen LogP contribution in [0.3, 0.4) is 0 Å². The lowest BCUT2D eigenvalue weighted by Gasteiger charge is -2.09. The van der Waals surface area contributed by atoms with E-state index in [2.05, 4.69) is 0 Å². The summed E-state index contributed by atoms with van der Waals surface area (Å²) < 4.78 is 22.1. The maximum Gasteiger partial charge on any atom is 0.344 e. The molecule has 4 aromatic rings. The van der Waals surface area contributed by atoms with Crippen LogP contribution in [-0.4, -0.2) is 19.2 Å². The Kier molecular flexibility index (Phi) is 4.84. The molecule has 0 fully saturated rings. The number of hydrogen-bond donors (Lipinski definition) is 0. The zero-order valence-corrected chi connectivity index (χ0v) is 16.4. The number of furan rings is 1. The normalized spacial score (nSPS) is 11.1. The Morgan fingerprint density at radius 2 is 1.66 bits per heavy atom. The van der Waals surface area contributed by atoms with Gasteiger partial charge in [-0.1, -0.05) is 18.2 Å². The molecule has 2 aromatic carbocycles. The first kappa shape index (κ1) is 18.8. The molecule has 2 heterocycles. The van der Waals surface area contributed by atoms with Gasteiger partial charge < -0.3 is 18.3 Å². The highest BCUT2D eigenvalue weighted by molar-refractivity contribution is 5.98. The lowest BCUT2D eigenvalue weighted by molar-refractivity contribution is -0.145. The third-order valence-electron chi connectivity index (χ3n) is 4.72. The summed E-state index contributed by atoms with van der Waals surface area (Å²) in [5, 5.41) is 1.30. The predicted molar refractivity (Wildman–Crippen MR) is 109 cm³/mol. The van der Waals surface area contributed by atoms with E-state index in [1.54, 1.807) is 32.0 Å². The predicted octanol–water partition coefficient (Wildman–Crippen LogP) is 4.76. The lowest BCUT2D eigenvalue weighted by atomic mass is 9.99. The molecule has 0 spiro atoms. The highest BCUT2D eigenvalue weighted by atomic mass is 16.6. The van der Waals surface area contributed by atoms with Gasteiger partial charge in [0.1, 0.15) is 28.4 Å². The molecular weight excluding hydrogens is 372 g/mol. The molecular formula is C23H20O6. The zero-order chi connectivity index (χ0) is 20.5. The summed E-state index contributed by atoms with van der Waals surface area (Å²) in [6, 6.07) is 12.5. The molecule has 0 aliphatic carbocycles. The third-order valence-corrected chi connectivity index (χ3v) is 4.72. The standard InChI is InChI=1S/C23H20O6/c1-4-26-20(24)12-27-15-9-10-17-19(11-15)29-14(3)22(23(17)25)21-13(2)28-18-8-6-5-7-16(18)21/h5-11H,4,12H2,1-3H3. The molecule has 0 saturated heterocycles. The summed E-state index contributed by atoms with van der Waals surface area (Å²) >= 11 is 0. The topological polar surface area (TPSA) is 78.9 Å². The molecule has 0 unspecified atom stereocenters. The van der Waals surface area contributed by atoms with E-state index in [4.69, 9.17) is 18.3 Å². The monoisotopic (exact) mass is 392 g/mol. The van der Waals surface area contributed by atoms with Gasteiger partial charge in [-0.05, 0) is 39.0 Å². The average Bonchev–Trinajstić information content (AvgIpc) is 3.02. The van der Waals surface area contributed by atoms with Gasteiger partial charge in [-0.15, -0.1) is 0 Å². The van der Waals surface area contributed by atoms with Crippen molar-refractivity contribution >= 4 is 27.9 Å². The quantitative estimate of drug-likeness (QED) is 0.456. The number of fused-ring (bicyclic) bond motifs is 2. The van der Waals surface area contributed by atoms with E-state index in [-0.39, 0.29) is 12.0 Å². The first-order valence-corrected chi connectivity index (χ1v) is 9.34. The second kappa shape index (κ2) is 7.47. The molecule has 148 valence electrons. The smallest absolute Gasteiger partial charge is 0.344 e. The number of benzene rings is 2. The van der Waals surface area contributed by atoms with Crippen molar-refractivity contribution < 1.29 is 23.1 Å². The number of ether oxygens (including phenoxy) is 2. The van der Waals surface area contributed by atoms with E-state index in [0.29, 0.717) is 40.4 Å². The van der Waals surface area contributed by atoms with Crippen LogP contribution >= 0.6 is 0 Å². The summed E-state index contributed by atoms with van der Waals surface area (Å²) in [6.07, 6.45) is 0. The molecule has 0 radical (unpaired) electrons. The van der Waals surface area contributed by atoms with Crippen molar-refractivity contribution in [2.75, 3.05) is 13.2 Å². The van der Waals surface area contributed by atoms with Crippen LogP contribution in [0.25, 0.3) is 33.1 Å².